The smallest absolute Gasteiger partial charge is 0.0390 e. The normalized spacial score (nSPS) is 14.3. The molecule has 0 aliphatic heterocycles. The Kier molecular flexibility index (Phi) is 10.8. The summed E-state index contributed by atoms with van der Waals surface area (Å²) in [7, 11) is 0. The van der Waals surface area contributed by atoms with Crippen LogP contribution in [0.3, 0.4) is 0 Å². The molecule has 0 amide bonds. The Morgan fingerprint density at radius 2 is 1.18 bits per heavy atom. The third kappa shape index (κ3) is 7.70. The van der Waals surface area contributed by atoms with Crippen LogP contribution in [0.2, 0.25) is 0 Å². The van der Waals surface area contributed by atoms with E-state index in [1.165, 1.54) is 103 Å². The second kappa shape index (κ2) is 17.1. The lowest BCUT2D eigenvalue weighted by Gasteiger charge is -2.28. The Morgan fingerprint density at radius 3 is 2.00 bits per heavy atom. The summed E-state index contributed by atoms with van der Waals surface area (Å²) in [5.41, 5.74) is 18.0. The van der Waals surface area contributed by atoms with Gasteiger partial charge in [0.25, 0.3) is 0 Å². The second-order valence-electron chi connectivity index (χ2n) is 19.3. The van der Waals surface area contributed by atoms with E-state index in [1.54, 1.807) is 0 Å². The molecule has 1 heterocycles. The van der Waals surface area contributed by atoms with Crippen molar-refractivity contribution in [2.24, 2.45) is 0 Å². The van der Waals surface area contributed by atoms with Crippen LogP contribution in [0.4, 0.5) is 0 Å². The minimum absolute atomic E-state index is 0.149. The van der Waals surface area contributed by atoms with Gasteiger partial charge in [0.2, 0.25) is 0 Å². The molecule has 1 heteroatoms. The Hall–Kier alpha value is -6.54. The van der Waals surface area contributed by atoms with Crippen LogP contribution in [-0.2, 0) is 24.7 Å². The third-order valence-corrected chi connectivity index (χ3v) is 16.1. The van der Waals surface area contributed by atoms with Gasteiger partial charge in [-0.05, 0) is 134 Å². The third-order valence-electron chi connectivity index (χ3n) is 14.8. The molecule has 11 rings (SSSR count). The lowest BCUT2D eigenvalue weighted by atomic mass is 9.76. The highest BCUT2D eigenvalue weighted by molar-refractivity contribution is 7.26. The number of hydrogen-bond acceptors (Lipinski definition) is 1. The lowest BCUT2D eigenvalue weighted by molar-refractivity contribution is 0.574. The maximum atomic E-state index is 2.60. The van der Waals surface area contributed by atoms with E-state index in [9.17, 15) is 0 Å². The van der Waals surface area contributed by atoms with Gasteiger partial charge >= 0.3 is 0 Å². The van der Waals surface area contributed by atoms with Crippen molar-refractivity contribution in [3.63, 3.8) is 0 Å². The standard InChI is InChI=1S/C64H56S/c1-42-18-15-24-48(36-42)50(37-44-19-7-5-8-20-44)32-33-51-41-60-62(54-28-12-11-26-52(51)54)57-35-34-47(40-59(57)64(60,3)4)43(2)58(39-45-21-16-25-49(38-45)46-22-9-6-10-23-46)56-30-17-29-55-53-27-13-14-31-61(53)65-63(55)56/h5-31,34-36,38,40-41,43,50,58H,32-33,37,39H2,1-4H3. The first-order chi connectivity index (χ1) is 31.8. The van der Waals surface area contributed by atoms with Crippen LogP contribution < -0.4 is 0 Å². The second-order valence-corrected chi connectivity index (χ2v) is 20.3. The molecule has 0 spiro atoms. The van der Waals surface area contributed by atoms with E-state index in [1.807, 2.05) is 11.3 Å². The highest BCUT2D eigenvalue weighted by Gasteiger charge is 2.38. The molecule has 0 fully saturated rings. The average molecular weight is 857 g/mol. The molecule has 3 atom stereocenters. The van der Waals surface area contributed by atoms with E-state index in [2.05, 4.69) is 228 Å². The highest BCUT2D eigenvalue weighted by Crippen LogP contribution is 2.54. The highest BCUT2D eigenvalue weighted by atomic mass is 32.1. The molecule has 0 nitrogen and oxygen atoms in total. The number of thiophene rings is 1. The van der Waals surface area contributed by atoms with E-state index >= 15 is 0 Å². The van der Waals surface area contributed by atoms with Gasteiger partial charge in [0, 0.05) is 25.6 Å². The zero-order valence-corrected chi connectivity index (χ0v) is 38.8. The van der Waals surface area contributed by atoms with Gasteiger partial charge in [-0.2, -0.15) is 0 Å². The van der Waals surface area contributed by atoms with Gasteiger partial charge in [-0.15, -0.1) is 11.3 Å². The monoisotopic (exact) mass is 856 g/mol. The number of fused-ring (bicyclic) bond motifs is 8. The minimum atomic E-state index is -0.149. The fourth-order valence-electron chi connectivity index (χ4n) is 11.3. The number of hydrogen-bond donors (Lipinski definition) is 0. The molecule has 0 saturated carbocycles. The largest absolute Gasteiger partial charge is 0.135 e. The molecular weight excluding hydrogens is 801 g/mol. The molecular formula is C64H56S. The van der Waals surface area contributed by atoms with Crippen molar-refractivity contribution < 1.29 is 0 Å². The number of rotatable bonds is 12. The first-order valence-electron chi connectivity index (χ1n) is 23.6. The Bertz CT molecular complexity index is 3330. The predicted molar refractivity (Wildman–Crippen MR) is 280 cm³/mol. The Morgan fingerprint density at radius 1 is 0.508 bits per heavy atom. The molecule has 0 saturated heterocycles. The van der Waals surface area contributed by atoms with Crippen molar-refractivity contribution in [3.05, 3.63) is 250 Å². The van der Waals surface area contributed by atoms with Crippen molar-refractivity contribution in [1.82, 2.24) is 0 Å². The van der Waals surface area contributed by atoms with Gasteiger partial charge in [0.05, 0.1) is 0 Å². The van der Waals surface area contributed by atoms with Crippen molar-refractivity contribution in [1.29, 1.82) is 0 Å². The van der Waals surface area contributed by atoms with Gasteiger partial charge in [-0.3, -0.25) is 0 Å². The SMILES string of the molecule is Cc1cccc(C(CCc2cc3c(c4ccccc24)-c2ccc(C(C)C(Cc4cccc(-c5ccccc5)c4)c4cccc5c4sc4ccccc45)cc2C3(C)C)Cc2ccccc2)c1. The van der Waals surface area contributed by atoms with E-state index in [-0.39, 0.29) is 17.3 Å². The summed E-state index contributed by atoms with van der Waals surface area (Å²) < 4.78 is 2.78. The quantitative estimate of drug-likeness (QED) is 0.115. The van der Waals surface area contributed by atoms with Gasteiger partial charge in [0.1, 0.15) is 0 Å². The summed E-state index contributed by atoms with van der Waals surface area (Å²) in [5.74, 6) is 0.976. The maximum Gasteiger partial charge on any atom is 0.0390 e. The molecule has 1 aromatic heterocycles. The van der Waals surface area contributed by atoms with Crippen LogP contribution in [0.15, 0.2) is 200 Å². The van der Waals surface area contributed by atoms with Crippen LogP contribution in [0.25, 0.3) is 53.2 Å². The zero-order chi connectivity index (χ0) is 44.1. The summed E-state index contributed by atoms with van der Waals surface area (Å²) >= 11 is 1.96. The minimum Gasteiger partial charge on any atom is -0.135 e. The average Bonchev–Trinajstić information content (AvgIpc) is 3.84. The first kappa shape index (κ1) is 41.2. The molecule has 318 valence electrons. The first-order valence-corrected chi connectivity index (χ1v) is 24.5. The Balaban J connectivity index is 0.974. The molecule has 1 aliphatic rings. The van der Waals surface area contributed by atoms with E-state index in [0.717, 1.165) is 25.7 Å². The lowest BCUT2D eigenvalue weighted by Crippen LogP contribution is -2.17. The van der Waals surface area contributed by atoms with Gasteiger partial charge in [-0.1, -0.05) is 220 Å². The number of aryl methyl sites for hydroxylation is 2. The van der Waals surface area contributed by atoms with Crippen molar-refractivity contribution in [3.8, 4) is 22.3 Å². The van der Waals surface area contributed by atoms with Crippen LogP contribution in [0, 0.1) is 6.92 Å². The fraction of sp³-hybridized carbons (Fsp3) is 0.188. The van der Waals surface area contributed by atoms with Gasteiger partial charge in [-0.25, -0.2) is 0 Å². The summed E-state index contributed by atoms with van der Waals surface area (Å²) in [6.07, 6.45) is 4.13. The van der Waals surface area contributed by atoms with Crippen molar-refractivity contribution in [2.75, 3.05) is 0 Å². The topological polar surface area (TPSA) is 0 Å². The number of benzene rings is 9. The molecule has 0 N–H and O–H groups in total. The summed E-state index contributed by atoms with van der Waals surface area (Å²) in [5, 5.41) is 5.51. The van der Waals surface area contributed by atoms with E-state index in [0.29, 0.717) is 5.92 Å². The molecule has 65 heavy (non-hydrogen) atoms. The van der Waals surface area contributed by atoms with Crippen LogP contribution in [0.1, 0.15) is 95.0 Å². The van der Waals surface area contributed by atoms with Crippen LogP contribution in [-0.4, -0.2) is 0 Å². The summed E-state index contributed by atoms with van der Waals surface area (Å²) in [6.45, 7) is 9.66. The summed E-state index contributed by atoms with van der Waals surface area (Å²) in [6, 6.07) is 75.7. The molecule has 9 aromatic carbocycles. The Labute approximate surface area is 389 Å². The van der Waals surface area contributed by atoms with Crippen LogP contribution >= 0.6 is 11.3 Å². The predicted octanol–water partition coefficient (Wildman–Crippen LogP) is 17.6. The van der Waals surface area contributed by atoms with E-state index in [4.69, 9.17) is 0 Å². The maximum absolute atomic E-state index is 2.60. The zero-order valence-electron chi connectivity index (χ0n) is 38.0. The molecule has 10 aromatic rings. The van der Waals surface area contributed by atoms with Crippen LogP contribution in [0.5, 0.6) is 0 Å². The van der Waals surface area contributed by atoms with Crippen molar-refractivity contribution >= 4 is 42.3 Å². The summed E-state index contributed by atoms with van der Waals surface area (Å²) in [4.78, 5) is 0. The van der Waals surface area contributed by atoms with Gasteiger partial charge < -0.3 is 0 Å². The van der Waals surface area contributed by atoms with E-state index < -0.39 is 0 Å². The van der Waals surface area contributed by atoms with Gasteiger partial charge in [0.15, 0.2) is 0 Å². The molecule has 0 bridgehead atoms. The molecule has 0 radical (unpaired) electrons. The molecule has 1 aliphatic carbocycles. The molecule has 3 unspecified atom stereocenters. The van der Waals surface area contributed by atoms with Crippen molar-refractivity contribution in [2.45, 2.75) is 76.5 Å². The fourth-order valence-corrected chi connectivity index (χ4v) is 12.6.